The van der Waals surface area contributed by atoms with Gasteiger partial charge in [0.1, 0.15) is 22.4 Å². The van der Waals surface area contributed by atoms with Crippen molar-refractivity contribution in [1.82, 2.24) is 4.98 Å². The van der Waals surface area contributed by atoms with E-state index in [1.807, 2.05) is 18.2 Å². The SMILES string of the molecule is O=C(O)[C@H]1CSC(c2nc3ccc(OCc4ccc(B(O)O)cc4)cc3s2)=N1. The van der Waals surface area contributed by atoms with E-state index in [1.165, 1.54) is 23.1 Å². The van der Waals surface area contributed by atoms with Crippen LogP contribution in [0, 0.1) is 0 Å². The minimum atomic E-state index is -1.48. The van der Waals surface area contributed by atoms with Gasteiger partial charge in [0.2, 0.25) is 0 Å². The number of fused-ring (bicyclic) bond motifs is 1. The van der Waals surface area contributed by atoms with E-state index in [-0.39, 0.29) is 0 Å². The van der Waals surface area contributed by atoms with Crippen molar-refractivity contribution >= 4 is 56.9 Å². The number of aliphatic imine (C=N–C) groups is 1. The molecule has 28 heavy (non-hydrogen) atoms. The largest absolute Gasteiger partial charge is 0.489 e. The second-order valence-corrected chi connectivity index (χ2v) is 8.19. The summed E-state index contributed by atoms with van der Waals surface area (Å²) in [5, 5.41) is 28.7. The summed E-state index contributed by atoms with van der Waals surface area (Å²) < 4.78 is 6.76. The molecule has 7 nitrogen and oxygen atoms in total. The first-order chi connectivity index (χ1) is 13.5. The van der Waals surface area contributed by atoms with E-state index >= 15 is 0 Å². The first kappa shape index (κ1) is 18.9. The van der Waals surface area contributed by atoms with E-state index in [4.69, 9.17) is 19.9 Å². The van der Waals surface area contributed by atoms with E-state index < -0.39 is 19.1 Å². The summed E-state index contributed by atoms with van der Waals surface area (Å²) in [7, 11) is -1.48. The Morgan fingerprint density at radius 3 is 2.68 bits per heavy atom. The molecule has 1 atom stereocenters. The van der Waals surface area contributed by atoms with Crippen LogP contribution in [-0.4, -0.2) is 50.1 Å². The first-order valence-corrected chi connectivity index (χ1v) is 10.2. The van der Waals surface area contributed by atoms with Gasteiger partial charge in [0.05, 0.1) is 10.2 Å². The molecule has 0 aliphatic carbocycles. The van der Waals surface area contributed by atoms with Gasteiger partial charge in [0.15, 0.2) is 6.04 Å². The molecule has 1 aromatic heterocycles. The van der Waals surface area contributed by atoms with Gasteiger partial charge < -0.3 is 19.9 Å². The lowest BCUT2D eigenvalue weighted by Gasteiger charge is -2.07. The van der Waals surface area contributed by atoms with Crippen LogP contribution >= 0.6 is 23.1 Å². The standard InChI is InChI=1S/C18H15BN2O5S2/c22-18(23)14-9-27-16(21-14)17-20-13-6-5-12(7-15(13)28-17)26-8-10-1-3-11(4-2-10)19(24)25/h1-7,14,24-25H,8-9H2,(H,22,23)/t14-/m1/s1. The van der Waals surface area contributed by atoms with Crippen molar-refractivity contribution in [1.29, 1.82) is 0 Å². The third-order valence-electron chi connectivity index (χ3n) is 4.16. The van der Waals surface area contributed by atoms with Gasteiger partial charge in [-0.1, -0.05) is 24.3 Å². The molecule has 2 heterocycles. The molecule has 1 aliphatic rings. The third kappa shape index (κ3) is 4.05. The molecular formula is C18H15BN2O5S2. The number of thiazole rings is 1. The number of rotatable bonds is 6. The van der Waals surface area contributed by atoms with Crippen LogP contribution in [0.5, 0.6) is 5.75 Å². The van der Waals surface area contributed by atoms with E-state index in [9.17, 15) is 4.79 Å². The molecule has 0 saturated carbocycles. The van der Waals surface area contributed by atoms with Gasteiger partial charge in [-0.05, 0) is 29.2 Å². The number of aliphatic carboxylic acids is 1. The summed E-state index contributed by atoms with van der Waals surface area (Å²) in [6.45, 7) is 0.349. The Morgan fingerprint density at radius 1 is 1.21 bits per heavy atom. The summed E-state index contributed by atoms with van der Waals surface area (Å²) >= 11 is 2.87. The predicted octanol–water partition coefficient (Wildman–Crippen LogP) is 1.50. The van der Waals surface area contributed by atoms with Gasteiger partial charge in [-0.15, -0.1) is 23.1 Å². The highest BCUT2D eigenvalue weighted by Gasteiger charge is 2.26. The highest BCUT2D eigenvalue weighted by molar-refractivity contribution is 8.15. The smallest absolute Gasteiger partial charge is 0.488 e. The van der Waals surface area contributed by atoms with Crippen LogP contribution in [0.25, 0.3) is 10.2 Å². The summed E-state index contributed by atoms with van der Waals surface area (Å²) in [6, 6.07) is 11.8. The summed E-state index contributed by atoms with van der Waals surface area (Å²) in [5.74, 6) is 0.209. The van der Waals surface area contributed by atoms with E-state index in [1.54, 1.807) is 24.3 Å². The Kier molecular flexibility index (Phi) is 5.36. The summed E-state index contributed by atoms with van der Waals surface area (Å²) in [4.78, 5) is 19.8. The van der Waals surface area contributed by atoms with Crippen molar-refractivity contribution in [2.24, 2.45) is 4.99 Å². The molecule has 4 rings (SSSR count). The maximum Gasteiger partial charge on any atom is 0.488 e. The number of nitrogens with zero attached hydrogens (tertiary/aromatic N) is 2. The Hall–Kier alpha value is -2.40. The number of hydrogen-bond acceptors (Lipinski definition) is 8. The molecule has 0 amide bonds. The lowest BCUT2D eigenvalue weighted by molar-refractivity contribution is -0.137. The van der Waals surface area contributed by atoms with E-state index in [0.29, 0.717) is 28.6 Å². The molecule has 3 aromatic rings. The van der Waals surface area contributed by atoms with Gasteiger partial charge in [-0.25, -0.2) is 9.78 Å². The predicted molar refractivity (Wildman–Crippen MR) is 111 cm³/mol. The zero-order valence-electron chi connectivity index (χ0n) is 14.5. The number of thioether (sulfide) groups is 1. The normalized spacial score (nSPS) is 16.2. The third-order valence-corrected chi connectivity index (χ3v) is 6.37. The molecule has 10 heteroatoms. The van der Waals surface area contributed by atoms with Crippen molar-refractivity contribution in [2.45, 2.75) is 12.6 Å². The fourth-order valence-corrected chi connectivity index (χ4v) is 4.75. The molecule has 0 bridgehead atoms. The molecule has 142 valence electrons. The number of carbonyl (C=O) groups is 1. The molecule has 0 spiro atoms. The van der Waals surface area contributed by atoms with Crippen LogP contribution in [0.1, 0.15) is 10.6 Å². The van der Waals surface area contributed by atoms with Crippen LogP contribution in [0.15, 0.2) is 47.5 Å². The monoisotopic (exact) mass is 414 g/mol. The molecule has 2 aromatic carbocycles. The van der Waals surface area contributed by atoms with Crippen LogP contribution in [0.3, 0.4) is 0 Å². The maximum atomic E-state index is 11.1. The van der Waals surface area contributed by atoms with Gasteiger partial charge in [0, 0.05) is 5.75 Å². The van der Waals surface area contributed by atoms with Crippen LogP contribution in [-0.2, 0) is 11.4 Å². The zero-order valence-corrected chi connectivity index (χ0v) is 16.1. The minimum Gasteiger partial charge on any atom is -0.489 e. The quantitative estimate of drug-likeness (QED) is 0.524. The van der Waals surface area contributed by atoms with Gasteiger partial charge in [0.25, 0.3) is 0 Å². The second-order valence-electron chi connectivity index (χ2n) is 6.15. The molecular weight excluding hydrogens is 399 g/mol. The fraction of sp³-hybridized carbons (Fsp3) is 0.167. The second kappa shape index (κ2) is 7.92. The van der Waals surface area contributed by atoms with Crippen molar-refractivity contribution < 1.29 is 24.7 Å². The van der Waals surface area contributed by atoms with Crippen LogP contribution < -0.4 is 10.2 Å². The van der Waals surface area contributed by atoms with Crippen LogP contribution in [0.4, 0.5) is 0 Å². The average Bonchev–Trinajstić information content (AvgIpc) is 3.33. The van der Waals surface area contributed by atoms with Gasteiger partial charge >= 0.3 is 13.1 Å². The number of carboxylic acid groups (broad SMARTS) is 1. The average molecular weight is 414 g/mol. The fourth-order valence-electron chi connectivity index (χ4n) is 2.66. The van der Waals surface area contributed by atoms with E-state index in [0.717, 1.165) is 20.8 Å². The van der Waals surface area contributed by atoms with E-state index in [2.05, 4.69) is 9.98 Å². The topological polar surface area (TPSA) is 112 Å². The summed E-state index contributed by atoms with van der Waals surface area (Å²) in [5.41, 5.74) is 2.15. The van der Waals surface area contributed by atoms with Crippen LogP contribution in [0.2, 0.25) is 0 Å². The van der Waals surface area contributed by atoms with Crippen molar-refractivity contribution in [3.8, 4) is 5.75 Å². The lowest BCUT2D eigenvalue weighted by Crippen LogP contribution is -2.29. The molecule has 0 unspecified atom stereocenters. The number of hydrogen-bond donors (Lipinski definition) is 3. The van der Waals surface area contributed by atoms with Crippen molar-refractivity contribution in [2.75, 3.05) is 5.75 Å². The Labute approximate surface area is 168 Å². The number of aromatic nitrogens is 1. The minimum absolute atomic E-state index is 0.349. The van der Waals surface area contributed by atoms with Crippen molar-refractivity contribution in [3.63, 3.8) is 0 Å². The Morgan fingerprint density at radius 2 is 2.00 bits per heavy atom. The highest BCUT2D eigenvalue weighted by Crippen LogP contribution is 2.31. The molecule has 0 radical (unpaired) electrons. The summed E-state index contributed by atoms with van der Waals surface area (Å²) in [6.07, 6.45) is 0. The number of ether oxygens (including phenoxy) is 1. The molecule has 1 aliphatic heterocycles. The number of benzene rings is 2. The first-order valence-electron chi connectivity index (χ1n) is 8.42. The molecule has 0 fully saturated rings. The zero-order chi connectivity index (χ0) is 19.7. The Bertz CT molecular complexity index is 1050. The van der Waals surface area contributed by atoms with Gasteiger partial charge in [-0.2, -0.15) is 0 Å². The molecule has 3 N–H and O–H groups in total. The van der Waals surface area contributed by atoms with Gasteiger partial charge in [-0.3, -0.25) is 4.99 Å². The Balaban J connectivity index is 1.47. The number of carboxylic acids is 1. The molecule has 0 saturated heterocycles. The van der Waals surface area contributed by atoms with Crippen molar-refractivity contribution in [3.05, 3.63) is 53.0 Å². The maximum absolute atomic E-state index is 11.1. The highest BCUT2D eigenvalue weighted by atomic mass is 32.2. The lowest BCUT2D eigenvalue weighted by atomic mass is 9.80.